The van der Waals surface area contributed by atoms with Crippen LogP contribution in [0.2, 0.25) is 10.0 Å². The SMILES string of the molecule is C[C@H](C(=O)NC1CCCCC1)N(Cc1ccc(Cl)c(Cl)c1)C(=O)CCCN(c1ccc2c(c1)OCO2)S(C)(=O)=O. The van der Waals surface area contributed by atoms with Crippen molar-refractivity contribution in [1.29, 1.82) is 0 Å². The van der Waals surface area contributed by atoms with E-state index in [2.05, 4.69) is 5.32 Å². The van der Waals surface area contributed by atoms with Gasteiger partial charge in [0.05, 0.1) is 22.0 Å². The molecule has 0 spiro atoms. The number of rotatable bonds is 11. The summed E-state index contributed by atoms with van der Waals surface area (Å²) < 4.78 is 37.2. The van der Waals surface area contributed by atoms with E-state index in [4.69, 9.17) is 32.7 Å². The Morgan fingerprint density at radius 3 is 2.45 bits per heavy atom. The van der Waals surface area contributed by atoms with Crippen LogP contribution in [-0.2, 0) is 26.2 Å². The van der Waals surface area contributed by atoms with Gasteiger partial charge < -0.3 is 19.7 Å². The van der Waals surface area contributed by atoms with Crippen LogP contribution in [0.5, 0.6) is 11.5 Å². The Labute approximate surface area is 245 Å². The summed E-state index contributed by atoms with van der Waals surface area (Å²) in [7, 11) is -3.64. The van der Waals surface area contributed by atoms with E-state index in [0.29, 0.717) is 27.2 Å². The third kappa shape index (κ3) is 7.73. The Balaban J connectivity index is 1.46. The number of halogens is 2. The summed E-state index contributed by atoms with van der Waals surface area (Å²) in [5.41, 5.74) is 1.16. The number of hydrogen-bond donors (Lipinski definition) is 1. The van der Waals surface area contributed by atoms with Gasteiger partial charge in [0.15, 0.2) is 11.5 Å². The topological polar surface area (TPSA) is 105 Å². The molecule has 218 valence electrons. The molecule has 1 heterocycles. The van der Waals surface area contributed by atoms with Gasteiger partial charge in [-0.3, -0.25) is 13.9 Å². The van der Waals surface area contributed by atoms with Gasteiger partial charge in [-0.05, 0) is 56.0 Å². The molecule has 1 atom stereocenters. The zero-order chi connectivity index (χ0) is 28.9. The molecular weight excluding hydrogens is 577 g/mol. The average Bonchev–Trinajstić information content (AvgIpc) is 3.39. The molecule has 9 nitrogen and oxygen atoms in total. The maximum Gasteiger partial charge on any atom is 0.242 e. The fraction of sp³-hybridized carbons (Fsp3) is 0.500. The van der Waals surface area contributed by atoms with Crippen molar-refractivity contribution in [2.45, 2.75) is 70.5 Å². The molecule has 0 saturated heterocycles. The summed E-state index contributed by atoms with van der Waals surface area (Å²) in [6.45, 7) is 2.02. The van der Waals surface area contributed by atoms with Crippen LogP contribution in [0.15, 0.2) is 36.4 Å². The lowest BCUT2D eigenvalue weighted by Gasteiger charge is -2.31. The molecule has 4 rings (SSSR count). The van der Waals surface area contributed by atoms with Gasteiger partial charge in [-0.15, -0.1) is 0 Å². The number of nitrogens with zero attached hydrogens (tertiary/aromatic N) is 2. The predicted molar refractivity (Wildman–Crippen MR) is 155 cm³/mol. The van der Waals surface area contributed by atoms with E-state index in [1.54, 1.807) is 43.3 Å². The van der Waals surface area contributed by atoms with Crippen LogP contribution >= 0.6 is 23.2 Å². The van der Waals surface area contributed by atoms with Gasteiger partial charge in [0.1, 0.15) is 6.04 Å². The van der Waals surface area contributed by atoms with Crippen molar-refractivity contribution < 1.29 is 27.5 Å². The van der Waals surface area contributed by atoms with Crippen LogP contribution in [0.1, 0.15) is 57.4 Å². The monoisotopic (exact) mass is 611 g/mol. The third-order valence-corrected chi connectivity index (χ3v) is 9.19. The number of hydrogen-bond acceptors (Lipinski definition) is 6. The zero-order valence-electron chi connectivity index (χ0n) is 22.7. The number of sulfonamides is 1. The summed E-state index contributed by atoms with van der Waals surface area (Å²) >= 11 is 12.3. The molecule has 2 aromatic rings. The normalized spacial score (nSPS) is 15.9. The number of carbonyl (C=O) groups is 2. The third-order valence-electron chi connectivity index (χ3n) is 7.25. The first-order valence-corrected chi connectivity index (χ1v) is 16.0. The molecule has 1 saturated carbocycles. The molecule has 0 bridgehead atoms. The van der Waals surface area contributed by atoms with Gasteiger partial charge in [0.2, 0.25) is 28.6 Å². The number of nitrogens with one attached hydrogen (secondary N) is 1. The van der Waals surface area contributed by atoms with Crippen molar-refractivity contribution >= 4 is 50.7 Å². The first kappa shape index (κ1) is 30.3. The second-order valence-electron chi connectivity index (χ2n) is 10.3. The molecule has 0 radical (unpaired) electrons. The number of fused-ring (bicyclic) bond motifs is 1. The van der Waals surface area contributed by atoms with Gasteiger partial charge >= 0.3 is 0 Å². The van der Waals surface area contributed by atoms with Crippen LogP contribution in [-0.4, -0.2) is 56.8 Å². The highest BCUT2D eigenvalue weighted by molar-refractivity contribution is 7.92. The van der Waals surface area contributed by atoms with Crippen LogP contribution in [0, 0.1) is 0 Å². The number of benzene rings is 2. The number of anilines is 1. The molecule has 1 aliphatic carbocycles. The fourth-order valence-electron chi connectivity index (χ4n) is 5.03. The molecule has 1 N–H and O–H groups in total. The predicted octanol–water partition coefficient (Wildman–Crippen LogP) is 5.13. The molecule has 0 aromatic heterocycles. The number of amides is 2. The van der Waals surface area contributed by atoms with Crippen LogP contribution < -0.4 is 19.1 Å². The number of carbonyl (C=O) groups excluding carboxylic acids is 2. The fourth-order valence-corrected chi connectivity index (χ4v) is 6.31. The minimum absolute atomic E-state index is 0.0406. The lowest BCUT2D eigenvalue weighted by molar-refractivity contribution is -0.141. The van der Waals surface area contributed by atoms with Crippen LogP contribution in [0.25, 0.3) is 0 Å². The Bertz CT molecular complexity index is 1330. The van der Waals surface area contributed by atoms with Gasteiger partial charge in [-0.25, -0.2) is 8.42 Å². The van der Waals surface area contributed by atoms with Gasteiger partial charge in [-0.2, -0.15) is 0 Å². The van der Waals surface area contributed by atoms with E-state index in [0.717, 1.165) is 37.5 Å². The Morgan fingerprint density at radius 2 is 1.75 bits per heavy atom. The van der Waals surface area contributed by atoms with E-state index < -0.39 is 16.1 Å². The zero-order valence-corrected chi connectivity index (χ0v) is 25.0. The van der Waals surface area contributed by atoms with Crippen molar-refractivity contribution in [3.63, 3.8) is 0 Å². The lowest BCUT2D eigenvalue weighted by Crippen LogP contribution is -2.50. The van der Waals surface area contributed by atoms with Crippen molar-refractivity contribution in [3.8, 4) is 11.5 Å². The van der Waals surface area contributed by atoms with Gasteiger partial charge in [0.25, 0.3) is 0 Å². The maximum atomic E-state index is 13.5. The highest BCUT2D eigenvalue weighted by atomic mass is 35.5. The highest BCUT2D eigenvalue weighted by Crippen LogP contribution is 2.36. The quantitative estimate of drug-likeness (QED) is 0.377. The second-order valence-corrected chi connectivity index (χ2v) is 13.0. The summed E-state index contributed by atoms with van der Waals surface area (Å²) in [6.07, 6.45) is 6.58. The minimum Gasteiger partial charge on any atom is -0.454 e. The Kier molecular flexibility index (Phi) is 10.1. The lowest BCUT2D eigenvalue weighted by atomic mass is 9.95. The Morgan fingerprint density at radius 1 is 1.02 bits per heavy atom. The average molecular weight is 613 g/mol. The molecule has 1 aliphatic heterocycles. The molecule has 2 amide bonds. The Hall–Kier alpha value is -2.69. The van der Waals surface area contributed by atoms with Crippen LogP contribution in [0.4, 0.5) is 5.69 Å². The summed E-state index contributed by atoms with van der Waals surface area (Å²) in [5.74, 6) is 0.536. The molecular formula is C28H35Cl2N3O6S. The minimum atomic E-state index is -3.64. The van der Waals surface area contributed by atoms with Crippen LogP contribution in [0.3, 0.4) is 0 Å². The largest absolute Gasteiger partial charge is 0.454 e. The second kappa shape index (κ2) is 13.3. The van der Waals surface area contributed by atoms with Crippen molar-refractivity contribution in [1.82, 2.24) is 10.2 Å². The molecule has 0 unspecified atom stereocenters. The molecule has 1 fully saturated rings. The standard InChI is InChI=1S/C28H35Cl2N3O6S/c1-19(28(35)31-21-7-4-3-5-8-21)32(17-20-10-12-23(29)24(30)15-20)27(34)9-6-14-33(40(2,36)37)22-11-13-25-26(16-22)39-18-38-25/h10-13,15-16,19,21H,3-9,14,17-18H2,1-2H3,(H,31,35)/t19-/m1/s1. The van der Waals surface area contributed by atoms with E-state index in [-0.39, 0.29) is 50.6 Å². The molecule has 2 aliphatic rings. The smallest absolute Gasteiger partial charge is 0.242 e. The van der Waals surface area contributed by atoms with Gasteiger partial charge in [-0.1, -0.05) is 48.5 Å². The first-order valence-electron chi connectivity index (χ1n) is 13.4. The molecule has 2 aromatic carbocycles. The maximum absolute atomic E-state index is 13.5. The number of ether oxygens (including phenoxy) is 2. The van der Waals surface area contributed by atoms with Gasteiger partial charge in [0, 0.05) is 31.6 Å². The first-order chi connectivity index (χ1) is 19.0. The van der Waals surface area contributed by atoms with E-state index >= 15 is 0 Å². The summed E-state index contributed by atoms with van der Waals surface area (Å²) in [4.78, 5) is 28.3. The summed E-state index contributed by atoms with van der Waals surface area (Å²) in [6, 6.07) is 9.40. The highest BCUT2D eigenvalue weighted by Gasteiger charge is 2.29. The van der Waals surface area contributed by atoms with E-state index in [1.165, 1.54) is 15.6 Å². The molecule has 12 heteroatoms. The van der Waals surface area contributed by atoms with Crippen molar-refractivity contribution in [3.05, 3.63) is 52.0 Å². The van der Waals surface area contributed by atoms with E-state index in [9.17, 15) is 18.0 Å². The van der Waals surface area contributed by atoms with Crippen molar-refractivity contribution in [2.24, 2.45) is 0 Å². The van der Waals surface area contributed by atoms with E-state index in [1.807, 2.05) is 0 Å². The molecule has 40 heavy (non-hydrogen) atoms. The summed E-state index contributed by atoms with van der Waals surface area (Å²) in [5, 5.41) is 3.87. The van der Waals surface area contributed by atoms with Crippen molar-refractivity contribution in [2.75, 3.05) is 23.9 Å².